The summed E-state index contributed by atoms with van der Waals surface area (Å²) in [6, 6.07) is 21.2. The molecule has 0 saturated heterocycles. The van der Waals surface area contributed by atoms with Gasteiger partial charge in [-0.3, -0.25) is 29.9 Å². The fraction of sp³-hybridized carbons (Fsp3) is 0. The Morgan fingerprint density at radius 3 is 2.31 bits per heavy atom. The third kappa shape index (κ3) is 3.20. The lowest BCUT2D eigenvalue weighted by Gasteiger charge is -2.15. The second-order valence-corrected chi connectivity index (χ2v) is 8.19. The van der Waals surface area contributed by atoms with Crippen LogP contribution in [0.4, 0.5) is 5.69 Å². The highest BCUT2D eigenvalue weighted by Gasteiger charge is 2.37. The van der Waals surface area contributed by atoms with Crippen LogP contribution in [0, 0.1) is 10.1 Å². The van der Waals surface area contributed by atoms with Crippen molar-refractivity contribution in [3.05, 3.63) is 106 Å². The molecule has 0 fully saturated rings. The molecule has 0 bridgehead atoms. The van der Waals surface area contributed by atoms with Crippen LogP contribution in [0.1, 0.15) is 31.2 Å². The number of amides is 3. The molecule has 1 aliphatic rings. The van der Waals surface area contributed by atoms with Crippen LogP contribution in [0.3, 0.4) is 0 Å². The van der Waals surface area contributed by atoms with Crippen LogP contribution in [-0.2, 0) is 0 Å². The second kappa shape index (κ2) is 7.84. The van der Waals surface area contributed by atoms with E-state index in [1.165, 1.54) is 30.3 Å². The van der Waals surface area contributed by atoms with Crippen LogP contribution in [0.5, 0.6) is 0 Å². The SMILES string of the molecule is O=C(NN1C(=O)c2ccccc2C1=O)c1cc2c([nH]c3ccccc32)c(-c2cccc([N+](=O)[O-])c2)n1. The predicted molar refractivity (Wildman–Crippen MR) is 130 cm³/mol. The molecule has 0 unspecified atom stereocenters. The van der Waals surface area contributed by atoms with Gasteiger partial charge >= 0.3 is 0 Å². The molecule has 5 aromatic rings. The number of carbonyl (C=O) groups excluding carboxylic acids is 3. The first-order valence-electron chi connectivity index (χ1n) is 10.9. The van der Waals surface area contributed by atoms with Gasteiger partial charge in [-0.1, -0.05) is 42.5 Å². The van der Waals surface area contributed by atoms with Gasteiger partial charge in [0, 0.05) is 34.0 Å². The molecule has 0 atom stereocenters. The summed E-state index contributed by atoms with van der Waals surface area (Å²) in [4.78, 5) is 57.3. The second-order valence-electron chi connectivity index (χ2n) is 8.19. The van der Waals surface area contributed by atoms with E-state index in [-0.39, 0.29) is 22.5 Å². The highest BCUT2D eigenvalue weighted by atomic mass is 16.6. The minimum Gasteiger partial charge on any atom is -0.353 e. The molecule has 6 rings (SSSR count). The number of hydrogen-bond acceptors (Lipinski definition) is 6. The minimum absolute atomic E-state index is 0.0645. The molecule has 10 nitrogen and oxygen atoms in total. The van der Waals surface area contributed by atoms with Crippen LogP contribution in [0.2, 0.25) is 0 Å². The van der Waals surface area contributed by atoms with Crippen molar-refractivity contribution in [1.29, 1.82) is 0 Å². The first kappa shape index (κ1) is 21.2. The molecule has 1 aliphatic heterocycles. The number of fused-ring (bicyclic) bond motifs is 4. The van der Waals surface area contributed by atoms with Gasteiger partial charge in [0.25, 0.3) is 23.4 Å². The Kier molecular flexibility index (Phi) is 4.61. The van der Waals surface area contributed by atoms with Crippen molar-refractivity contribution in [3.63, 3.8) is 0 Å². The molecule has 3 amide bonds. The lowest BCUT2D eigenvalue weighted by Crippen LogP contribution is -2.46. The van der Waals surface area contributed by atoms with E-state index in [0.717, 1.165) is 10.9 Å². The van der Waals surface area contributed by atoms with Crippen molar-refractivity contribution in [1.82, 2.24) is 20.4 Å². The molecular formula is C26H15N5O5. The van der Waals surface area contributed by atoms with Crippen LogP contribution >= 0.6 is 0 Å². The smallest absolute Gasteiger partial charge is 0.288 e. The van der Waals surface area contributed by atoms with E-state index >= 15 is 0 Å². The van der Waals surface area contributed by atoms with E-state index in [0.29, 0.717) is 27.2 Å². The fourth-order valence-electron chi connectivity index (χ4n) is 4.39. The normalized spacial score (nSPS) is 12.8. The van der Waals surface area contributed by atoms with Crippen LogP contribution in [-0.4, -0.2) is 37.6 Å². The number of hydrogen-bond donors (Lipinski definition) is 2. The zero-order valence-electron chi connectivity index (χ0n) is 18.4. The van der Waals surface area contributed by atoms with Crippen molar-refractivity contribution in [2.45, 2.75) is 0 Å². The number of nitrogens with zero attached hydrogens (tertiary/aromatic N) is 3. The molecule has 0 radical (unpaired) electrons. The van der Waals surface area contributed by atoms with Crippen LogP contribution < -0.4 is 5.43 Å². The number of pyridine rings is 1. The summed E-state index contributed by atoms with van der Waals surface area (Å²) in [5.74, 6) is -2.06. The van der Waals surface area contributed by atoms with Gasteiger partial charge in [0.15, 0.2) is 0 Å². The summed E-state index contributed by atoms with van der Waals surface area (Å²) in [5.41, 5.74) is 4.70. The van der Waals surface area contributed by atoms with E-state index < -0.39 is 22.6 Å². The first-order chi connectivity index (χ1) is 17.4. The van der Waals surface area contributed by atoms with Crippen molar-refractivity contribution in [2.24, 2.45) is 0 Å². The van der Waals surface area contributed by atoms with Gasteiger partial charge in [-0.15, -0.1) is 0 Å². The maximum Gasteiger partial charge on any atom is 0.288 e. The molecule has 0 saturated carbocycles. The summed E-state index contributed by atoms with van der Waals surface area (Å²) in [6.45, 7) is 0. The molecular weight excluding hydrogens is 462 g/mol. The number of non-ortho nitro benzene ring substituents is 1. The van der Waals surface area contributed by atoms with E-state index in [9.17, 15) is 24.5 Å². The molecule has 0 spiro atoms. The molecule has 36 heavy (non-hydrogen) atoms. The van der Waals surface area contributed by atoms with E-state index in [1.807, 2.05) is 24.3 Å². The number of rotatable bonds is 4. The fourth-order valence-corrected chi connectivity index (χ4v) is 4.39. The zero-order valence-corrected chi connectivity index (χ0v) is 18.4. The Labute approximate surface area is 202 Å². The monoisotopic (exact) mass is 477 g/mol. The molecule has 2 N–H and O–H groups in total. The number of aromatic amines is 1. The standard InChI is InChI=1S/C26H15N5O5/c32-24(29-30-25(33)17-9-1-2-10-18(17)26(30)34)21-13-19-16-8-3-4-11-20(16)27-23(19)22(28-21)14-6-5-7-15(12-14)31(35)36/h1-13,27H,(H,29,32). The molecule has 0 aliphatic carbocycles. The number of para-hydroxylation sites is 1. The Balaban J connectivity index is 1.48. The van der Waals surface area contributed by atoms with Gasteiger partial charge in [-0.25, -0.2) is 4.98 Å². The highest BCUT2D eigenvalue weighted by molar-refractivity contribution is 6.22. The van der Waals surface area contributed by atoms with Gasteiger partial charge < -0.3 is 4.98 Å². The minimum atomic E-state index is -0.775. The quantitative estimate of drug-likeness (QED) is 0.226. The lowest BCUT2D eigenvalue weighted by molar-refractivity contribution is -0.384. The summed E-state index contributed by atoms with van der Waals surface area (Å²) in [6.07, 6.45) is 0. The van der Waals surface area contributed by atoms with E-state index in [4.69, 9.17) is 0 Å². The van der Waals surface area contributed by atoms with E-state index in [1.54, 1.807) is 24.3 Å². The molecule has 3 heterocycles. The van der Waals surface area contributed by atoms with E-state index in [2.05, 4.69) is 15.4 Å². The van der Waals surface area contributed by atoms with Crippen molar-refractivity contribution >= 4 is 45.2 Å². The average molecular weight is 477 g/mol. The maximum atomic E-state index is 13.3. The Hall–Kier alpha value is -5.38. The topological polar surface area (TPSA) is 138 Å². The predicted octanol–water partition coefficient (Wildman–Crippen LogP) is 4.23. The highest BCUT2D eigenvalue weighted by Crippen LogP contribution is 2.34. The third-order valence-corrected chi connectivity index (χ3v) is 6.07. The van der Waals surface area contributed by atoms with Gasteiger partial charge in [0.1, 0.15) is 5.69 Å². The molecule has 3 aromatic carbocycles. The summed E-state index contributed by atoms with van der Waals surface area (Å²) in [5, 5.41) is 13.5. The average Bonchev–Trinajstić information content (AvgIpc) is 3.39. The number of hydrazine groups is 1. The van der Waals surface area contributed by atoms with Gasteiger partial charge in [-0.05, 0) is 24.3 Å². The number of aromatic nitrogens is 2. The summed E-state index contributed by atoms with van der Waals surface area (Å²) < 4.78 is 0. The maximum absolute atomic E-state index is 13.3. The number of nitro groups is 1. The van der Waals surface area contributed by atoms with Crippen LogP contribution in [0.15, 0.2) is 78.9 Å². The first-order valence-corrected chi connectivity index (χ1v) is 10.9. The number of benzene rings is 3. The lowest BCUT2D eigenvalue weighted by atomic mass is 10.1. The van der Waals surface area contributed by atoms with Crippen LogP contribution in [0.25, 0.3) is 33.1 Å². The molecule has 10 heteroatoms. The van der Waals surface area contributed by atoms with Gasteiger partial charge in [0.2, 0.25) is 0 Å². The van der Waals surface area contributed by atoms with Gasteiger partial charge in [-0.2, -0.15) is 5.01 Å². The zero-order chi connectivity index (χ0) is 25.0. The number of H-pyrrole nitrogens is 1. The van der Waals surface area contributed by atoms with Crippen molar-refractivity contribution in [2.75, 3.05) is 0 Å². The summed E-state index contributed by atoms with van der Waals surface area (Å²) >= 11 is 0. The largest absolute Gasteiger partial charge is 0.353 e. The van der Waals surface area contributed by atoms with Crippen molar-refractivity contribution in [3.8, 4) is 11.3 Å². The number of imide groups is 1. The Bertz CT molecular complexity index is 1740. The number of nitro benzene ring substituents is 1. The van der Waals surface area contributed by atoms with Gasteiger partial charge in [0.05, 0.1) is 27.3 Å². The molecule has 2 aromatic heterocycles. The molecule has 174 valence electrons. The Morgan fingerprint density at radius 2 is 1.58 bits per heavy atom. The van der Waals surface area contributed by atoms with Crippen molar-refractivity contribution < 1.29 is 19.3 Å². The Morgan fingerprint density at radius 1 is 0.889 bits per heavy atom. The summed E-state index contributed by atoms with van der Waals surface area (Å²) in [7, 11) is 0. The third-order valence-electron chi connectivity index (χ3n) is 6.07. The number of nitrogens with one attached hydrogen (secondary N) is 2. The number of carbonyl (C=O) groups is 3.